The van der Waals surface area contributed by atoms with Crippen molar-refractivity contribution in [2.45, 2.75) is 24.4 Å². The highest BCUT2D eigenvalue weighted by Crippen LogP contribution is 2.31. The van der Waals surface area contributed by atoms with Gasteiger partial charge in [-0.15, -0.1) is 0 Å². The molecule has 0 atom stereocenters. The first-order chi connectivity index (χ1) is 14.4. The molecule has 7 nitrogen and oxygen atoms in total. The zero-order valence-electron chi connectivity index (χ0n) is 15.7. The maximum absolute atomic E-state index is 13.0. The lowest BCUT2D eigenvalue weighted by Crippen LogP contribution is -2.25. The molecule has 0 spiro atoms. The predicted octanol–water partition coefficient (Wildman–Crippen LogP) is 3.24. The number of ether oxygens (including phenoxy) is 1. The van der Waals surface area contributed by atoms with Crippen molar-refractivity contribution >= 4 is 20.6 Å². The summed E-state index contributed by atoms with van der Waals surface area (Å²) in [4.78, 5) is 16.1. The Hall–Kier alpha value is -3.09. The lowest BCUT2D eigenvalue weighted by atomic mass is 10.1. The quantitative estimate of drug-likeness (QED) is 0.522. The lowest BCUT2D eigenvalue weighted by molar-refractivity contribution is -0.137. The summed E-state index contributed by atoms with van der Waals surface area (Å²) in [6.07, 6.45) is -5.52. The second-order valence-electron chi connectivity index (χ2n) is 6.26. The molecule has 0 amide bonds. The molecule has 13 heteroatoms. The molecule has 0 radical (unpaired) electrons. The predicted molar refractivity (Wildman–Crippen MR) is 99.4 cm³/mol. The molecule has 0 N–H and O–H groups in total. The van der Waals surface area contributed by atoms with E-state index in [4.69, 9.17) is 4.74 Å². The van der Waals surface area contributed by atoms with Crippen LogP contribution in [0.2, 0.25) is 0 Å². The van der Waals surface area contributed by atoms with Crippen LogP contribution in [0.5, 0.6) is 5.75 Å². The first-order valence-corrected chi connectivity index (χ1v) is 10.3. The van der Waals surface area contributed by atoms with E-state index < -0.39 is 56.6 Å². The molecule has 0 fully saturated rings. The highest BCUT2D eigenvalue weighted by molar-refractivity contribution is 7.91. The van der Waals surface area contributed by atoms with Gasteiger partial charge < -0.3 is 4.74 Å². The molecule has 31 heavy (non-hydrogen) atoms. The van der Waals surface area contributed by atoms with Gasteiger partial charge in [-0.3, -0.25) is 4.79 Å². The van der Waals surface area contributed by atoms with E-state index in [9.17, 15) is 35.2 Å². The van der Waals surface area contributed by atoms with Crippen LogP contribution in [0.1, 0.15) is 12.5 Å². The summed E-state index contributed by atoms with van der Waals surface area (Å²) in [7, 11) is -4.05. The molecule has 166 valence electrons. The zero-order valence-corrected chi connectivity index (χ0v) is 16.5. The second kappa shape index (κ2) is 8.21. The summed E-state index contributed by atoms with van der Waals surface area (Å²) >= 11 is 0. The standard InChI is InChI=1S/C18H14F5N3O4S/c1-2-31(28,29)14-6-12(30-9-15(19)20)8-24-16(14)26-17(27)13-5-11(18(21,22)23)4-3-10(13)7-25-26/h3-8,15H,2,9H2,1H3. The summed E-state index contributed by atoms with van der Waals surface area (Å²) in [6.45, 7) is 0.291. The Morgan fingerprint density at radius 2 is 1.87 bits per heavy atom. The van der Waals surface area contributed by atoms with E-state index in [1.807, 2.05) is 0 Å². The molecule has 2 aromatic heterocycles. The summed E-state index contributed by atoms with van der Waals surface area (Å²) in [5, 5.41) is 3.56. The summed E-state index contributed by atoms with van der Waals surface area (Å²) in [6, 6.07) is 3.39. The van der Waals surface area contributed by atoms with Crippen molar-refractivity contribution in [3.63, 3.8) is 0 Å². The Morgan fingerprint density at radius 3 is 2.48 bits per heavy atom. The number of fused-ring (bicyclic) bond motifs is 1. The molecule has 0 saturated heterocycles. The molecule has 3 rings (SSSR count). The molecule has 0 saturated carbocycles. The Balaban J connectivity index is 2.23. The summed E-state index contributed by atoms with van der Waals surface area (Å²) < 4.78 is 94.2. The van der Waals surface area contributed by atoms with Gasteiger partial charge in [0.15, 0.2) is 15.7 Å². The Bertz CT molecular complexity index is 1290. The third kappa shape index (κ3) is 4.65. The third-order valence-electron chi connectivity index (χ3n) is 4.22. The topological polar surface area (TPSA) is 91.2 Å². The van der Waals surface area contributed by atoms with Gasteiger partial charge in [0.2, 0.25) is 0 Å². The van der Waals surface area contributed by atoms with E-state index in [0.29, 0.717) is 10.7 Å². The highest BCUT2D eigenvalue weighted by atomic mass is 32.2. The van der Waals surface area contributed by atoms with Crippen LogP contribution in [-0.4, -0.2) is 42.0 Å². The SMILES string of the molecule is CCS(=O)(=O)c1cc(OCC(F)F)cnc1-n1ncc2ccc(C(F)(F)F)cc2c1=O. The smallest absolute Gasteiger partial charge is 0.416 e. The van der Waals surface area contributed by atoms with Crippen LogP contribution < -0.4 is 10.3 Å². The number of hydrogen-bond donors (Lipinski definition) is 0. The second-order valence-corrected chi connectivity index (χ2v) is 8.51. The average molecular weight is 463 g/mol. The fraction of sp³-hybridized carbons (Fsp3) is 0.278. The number of halogens is 5. The molecule has 0 aliphatic heterocycles. The van der Waals surface area contributed by atoms with Gasteiger partial charge in [0.05, 0.1) is 29.1 Å². The first-order valence-electron chi connectivity index (χ1n) is 8.67. The Morgan fingerprint density at radius 1 is 1.16 bits per heavy atom. The number of hydrogen-bond acceptors (Lipinski definition) is 6. The van der Waals surface area contributed by atoms with E-state index in [1.165, 1.54) is 6.92 Å². The van der Waals surface area contributed by atoms with Crippen molar-refractivity contribution in [2.24, 2.45) is 0 Å². The van der Waals surface area contributed by atoms with Crippen LogP contribution in [0.25, 0.3) is 16.6 Å². The van der Waals surface area contributed by atoms with E-state index in [1.54, 1.807) is 0 Å². The largest absolute Gasteiger partial charge is 0.486 e. The normalized spacial score (nSPS) is 12.5. The molecular weight excluding hydrogens is 449 g/mol. The molecule has 0 aliphatic carbocycles. The first kappa shape index (κ1) is 22.6. The number of rotatable bonds is 6. The van der Waals surface area contributed by atoms with Gasteiger partial charge in [-0.1, -0.05) is 13.0 Å². The minimum absolute atomic E-state index is 0.103. The number of aromatic nitrogens is 3. The van der Waals surface area contributed by atoms with Crippen molar-refractivity contribution in [2.75, 3.05) is 12.4 Å². The average Bonchev–Trinajstić information content (AvgIpc) is 2.71. The van der Waals surface area contributed by atoms with Crippen LogP contribution in [-0.2, 0) is 16.0 Å². The maximum atomic E-state index is 13.0. The van der Waals surface area contributed by atoms with E-state index in [-0.39, 0.29) is 16.5 Å². The van der Waals surface area contributed by atoms with Crippen molar-refractivity contribution in [3.8, 4) is 11.6 Å². The molecule has 3 aromatic rings. The maximum Gasteiger partial charge on any atom is 0.416 e. The van der Waals surface area contributed by atoms with Crippen molar-refractivity contribution in [1.29, 1.82) is 0 Å². The molecule has 0 unspecified atom stereocenters. The van der Waals surface area contributed by atoms with Gasteiger partial charge in [0.25, 0.3) is 12.0 Å². The van der Waals surface area contributed by atoms with Crippen molar-refractivity contribution < 1.29 is 35.1 Å². The summed E-state index contributed by atoms with van der Waals surface area (Å²) in [5.74, 6) is -1.21. The van der Waals surface area contributed by atoms with E-state index in [0.717, 1.165) is 30.6 Å². The number of benzene rings is 1. The van der Waals surface area contributed by atoms with Crippen LogP contribution >= 0.6 is 0 Å². The number of pyridine rings is 1. The Labute approximate surface area is 172 Å². The number of nitrogens with zero attached hydrogens (tertiary/aromatic N) is 3. The van der Waals surface area contributed by atoms with Crippen molar-refractivity contribution in [1.82, 2.24) is 14.8 Å². The van der Waals surface area contributed by atoms with Gasteiger partial charge in [0, 0.05) is 11.5 Å². The van der Waals surface area contributed by atoms with Crippen LogP contribution in [0.3, 0.4) is 0 Å². The van der Waals surface area contributed by atoms with Gasteiger partial charge in [0.1, 0.15) is 17.3 Å². The monoisotopic (exact) mass is 463 g/mol. The third-order valence-corrected chi connectivity index (χ3v) is 5.95. The van der Waals surface area contributed by atoms with Gasteiger partial charge >= 0.3 is 6.18 Å². The number of sulfone groups is 1. The minimum atomic E-state index is -4.70. The zero-order chi connectivity index (χ0) is 23.0. The lowest BCUT2D eigenvalue weighted by Gasteiger charge is -2.13. The molecule has 1 aromatic carbocycles. The van der Waals surface area contributed by atoms with Crippen molar-refractivity contribution in [3.05, 3.63) is 52.6 Å². The van der Waals surface area contributed by atoms with Gasteiger partial charge in [-0.05, 0) is 12.1 Å². The van der Waals surface area contributed by atoms with Crippen LogP contribution in [0.15, 0.2) is 46.3 Å². The van der Waals surface area contributed by atoms with Gasteiger partial charge in [-0.25, -0.2) is 22.2 Å². The minimum Gasteiger partial charge on any atom is -0.486 e. The fourth-order valence-electron chi connectivity index (χ4n) is 2.67. The summed E-state index contributed by atoms with van der Waals surface area (Å²) in [5.41, 5.74) is -2.11. The van der Waals surface area contributed by atoms with E-state index in [2.05, 4.69) is 10.1 Å². The molecular formula is C18H14F5N3O4S. The highest BCUT2D eigenvalue weighted by Gasteiger charge is 2.31. The van der Waals surface area contributed by atoms with Crippen LogP contribution in [0, 0.1) is 0 Å². The van der Waals surface area contributed by atoms with Gasteiger partial charge in [-0.2, -0.15) is 23.0 Å². The van der Waals surface area contributed by atoms with E-state index >= 15 is 0 Å². The van der Waals surface area contributed by atoms with Crippen LogP contribution in [0.4, 0.5) is 22.0 Å². The molecule has 2 heterocycles. The number of alkyl halides is 5. The molecule has 0 aliphatic rings. The Kier molecular flexibility index (Phi) is 5.98. The molecule has 0 bridgehead atoms. The fourth-order valence-corrected chi connectivity index (χ4v) is 3.69.